The molecule has 0 saturated carbocycles. The molecule has 0 aliphatic carbocycles. The number of pyridine rings is 1. The fraction of sp³-hybridized carbons (Fsp3) is 0.360. The number of para-hydroxylation sites is 1. The maximum atomic E-state index is 13.8. The van der Waals surface area contributed by atoms with Crippen LogP contribution >= 0.6 is 23.2 Å². The van der Waals surface area contributed by atoms with Crippen molar-refractivity contribution in [1.29, 1.82) is 0 Å². The number of hydrogen-bond donors (Lipinski definition) is 0. The first-order chi connectivity index (χ1) is 14.5. The second-order valence-electron chi connectivity index (χ2n) is 7.60. The lowest BCUT2D eigenvalue weighted by Crippen LogP contribution is -2.33. The quantitative estimate of drug-likeness (QED) is 0.360. The van der Waals surface area contributed by atoms with Gasteiger partial charge >= 0.3 is 0 Å². The molecule has 0 aliphatic rings. The Balaban J connectivity index is 2.19. The van der Waals surface area contributed by atoms with E-state index in [4.69, 9.17) is 28.2 Å². The maximum absolute atomic E-state index is 13.8. The topological polar surface area (TPSA) is 33.2 Å². The molecule has 30 heavy (non-hydrogen) atoms. The number of unbranched alkanes of at least 4 members (excludes halogenated alkanes) is 2. The third-order valence-corrected chi connectivity index (χ3v) is 5.93. The Kier molecular flexibility index (Phi) is 7.74. The van der Waals surface area contributed by atoms with E-state index in [0.717, 1.165) is 66.5 Å². The lowest BCUT2D eigenvalue weighted by Gasteiger charge is -2.25. The summed E-state index contributed by atoms with van der Waals surface area (Å²) in [4.78, 5) is 20.6. The summed E-state index contributed by atoms with van der Waals surface area (Å²) in [6.07, 6.45) is 4.09. The highest BCUT2D eigenvalue weighted by Crippen LogP contribution is 2.35. The number of rotatable bonds is 8. The van der Waals surface area contributed by atoms with Crippen LogP contribution in [-0.2, 0) is 0 Å². The fourth-order valence-corrected chi connectivity index (χ4v) is 4.20. The number of aromatic nitrogens is 1. The molecule has 5 heteroatoms. The fourth-order valence-electron chi connectivity index (χ4n) is 3.70. The zero-order valence-electron chi connectivity index (χ0n) is 17.8. The van der Waals surface area contributed by atoms with Gasteiger partial charge in [-0.1, -0.05) is 68.1 Å². The van der Waals surface area contributed by atoms with Gasteiger partial charge in [0.15, 0.2) is 0 Å². The molecule has 0 bridgehead atoms. The smallest absolute Gasteiger partial charge is 0.254 e. The summed E-state index contributed by atoms with van der Waals surface area (Å²) in [5, 5.41) is 1.98. The third kappa shape index (κ3) is 4.79. The Morgan fingerprint density at radius 3 is 2.30 bits per heavy atom. The zero-order chi connectivity index (χ0) is 21.7. The molecule has 0 aliphatic heterocycles. The second kappa shape index (κ2) is 10.3. The number of nitrogens with zero attached hydrogens (tertiary/aromatic N) is 2. The average molecular weight is 443 g/mol. The van der Waals surface area contributed by atoms with Gasteiger partial charge in [0.05, 0.1) is 21.8 Å². The van der Waals surface area contributed by atoms with Crippen LogP contribution in [0.2, 0.25) is 10.0 Å². The van der Waals surface area contributed by atoms with Gasteiger partial charge in [0.25, 0.3) is 5.91 Å². The molecule has 1 heterocycles. The van der Waals surface area contributed by atoms with E-state index >= 15 is 0 Å². The predicted molar refractivity (Wildman–Crippen MR) is 128 cm³/mol. The van der Waals surface area contributed by atoms with E-state index in [-0.39, 0.29) is 5.91 Å². The molecule has 0 N–H and O–H groups in total. The number of hydrogen-bond acceptors (Lipinski definition) is 2. The van der Waals surface area contributed by atoms with Crippen molar-refractivity contribution in [2.24, 2.45) is 0 Å². The van der Waals surface area contributed by atoms with Crippen molar-refractivity contribution in [2.75, 3.05) is 13.1 Å². The van der Waals surface area contributed by atoms with Crippen molar-refractivity contribution in [3.05, 3.63) is 63.6 Å². The van der Waals surface area contributed by atoms with Crippen LogP contribution in [-0.4, -0.2) is 28.9 Å². The lowest BCUT2D eigenvalue weighted by atomic mass is 9.96. The van der Waals surface area contributed by atoms with E-state index in [2.05, 4.69) is 13.8 Å². The van der Waals surface area contributed by atoms with Crippen molar-refractivity contribution < 1.29 is 4.79 Å². The lowest BCUT2D eigenvalue weighted by molar-refractivity contribution is 0.0752. The normalized spacial score (nSPS) is 11.1. The highest BCUT2D eigenvalue weighted by molar-refractivity contribution is 6.36. The van der Waals surface area contributed by atoms with Crippen molar-refractivity contribution in [1.82, 2.24) is 9.88 Å². The zero-order valence-corrected chi connectivity index (χ0v) is 19.4. The van der Waals surface area contributed by atoms with Gasteiger partial charge in [0.2, 0.25) is 0 Å². The first-order valence-corrected chi connectivity index (χ1v) is 11.4. The number of halogens is 2. The Labute approximate surface area is 189 Å². The molecule has 0 atom stereocenters. The molecule has 158 valence electrons. The van der Waals surface area contributed by atoms with Gasteiger partial charge in [-0.3, -0.25) is 4.79 Å². The van der Waals surface area contributed by atoms with Crippen LogP contribution in [0.3, 0.4) is 0 Å². The largest absolute Gasteiger partial charge is 0.339 e. The minimum atomic E-state index is 0.0688. The van der Waals surface area contributed by atoms with Crippen LogP contribution in [0.1, 0.15) is 55.5 Å². The van der Waals surface area contributed by atoms with Gasteiger partial charge in [0, 0.05) is 29.1 Å². The molecule has 1 amide bonds. The molecule has 3 aromatic rings. The van der Waals surface area contributed by atoms with E-state index in [0.29, 0.717) is 15.6 Å². The molecule has 0 unspecified atom stereocenters. The van der Waals surface area contributed by atoms with E-state index in [1.165, 1.54) is 0 Å². The Morgan fingerprint density at radius 2 is 1.67 bits per heavy atom. The number of carbonyl (C=O) groups excluding carboxylic acids is 1. The standard InChI is InChI=1S/C25H28Cl2N2O/c1-4-6-14-29(15-7-5-2)25(30)23-17(3)24(19-13-12-18(26)16-21(19)27)28-22-11-9-8-10-20(22)23/h8-13,16H,4-7,14-15H2,1-3H3. The molecule has 2 aromatic carbocycles. The van der Waals surface area contributed by atoms with E-state index in [1.54, 1.807) is 12.1 Å². The maximum Gasteiger partial charge on any atom is 0.254 e. The highest BCUT2D eigenvalue weighted by atomic mass is 35.5. The molecule has 3 nitrogen and oxygen atoms in total. The predicted octanol–water partition coefficient (Wildman–Crippen LogP) is 7.56. The SMILES string of the molecule is CCCCN(CCCC)C(=O)c1c(C)c(-c2ccc(Cl)cc2Cl)nc2ccccc12. The van der Waals surface area contributed by atoms with E-state index in [9.17, 15) is 4.79 Å². The Hall–Kier alpha value is -2.10. The van der Waals surface area contributed by atoms with Gasteiger partial charge in [0.1, 0.15) is 0 Å². The molecule has 0 spiro atoms. The van der Waals surface area contributed by atoms with Crippen LogP contribution in [0.4, 0.5) is 0 Å². The molecule has 0 radical (unpaired) electrons. The molecular formula is C25H28Cl2N2O. The summed E-state index contributed by atoms with van der Waals surface area (Å²) >= 11 is 12.6. The average Bonchev–Trinajstić information content (AvgIpc) is 2.73. The summed E-state index contributed by atoms with van der Waals surface area (Å²) in [7, 11) is 0. The molecule has 3 rings (SSSR count). The summed E-state index contributed by atoms with van der Waals surface area (Å²) in [5.41, 5.74) is 3.87. The molecule has 1 aromatic heterocycles. The number of benzene rings is 2. The first kappa shape index (κ1) is 22.6. The van der Waals surface area contributed by atoms with Crippen molar-refractivity contribution in [3.63, 3.8) is 0 Å². The number of amides is 1. The summed E-state index contributed by atoms with van der Waals surface area (Å²) in [6.45, 7) is 7.79. The minimum absolute atomic E-state index is 0.0688. The summed E-state index contributed by atoms with van der Waals surface area (Å²) < 4.78 is 0. The Morgan fingerprint density at radius 1 is 1.00 bits per heavy atom. The minimum Gasteiger partial charge on any atom is -0.339 e. The molecule has 0 fully saturated rings. The molecule has 0 saturated heterocycles. The number of carbonyl (C=O) groups is 1. The summed E-state index contributed by atoms with van der Waals surface area (Å²) in [6, 6.07) is 13.2. The van der Waals surface area contributed by atoms with Gasteiger partial charge in [-0.2, -0.15) is 0 Å². The van der Waals surface area contributed by atoms with Crippen molar-refractivity contribution in [3.8, 4) is 11.3 Å². The van der Waals surface area contributed by atoms with E-state index < -0.39 is 0 Å². The van der Waals surface area contributed by atoms with Gasteiger partial charge in [-0.05, 0) is 49.6 Å². The number of fused-ring (bicyclic) bond motifs is 1. The third-order valence-electron chi connectivity index (χ3n) is 5.39. The van der Waals surface area contributed by atoms with Gasteiger partial charge in [-0.25, -0.2) is 4.98 Å². The summed E-state index contributed by atoms with van der Waals surface area (Å²) in [5.74, 6) is 0.0688. The second-order valence-corrected chi connectivity index (χ2v) is 8.44. The van der Waals surface area contributed by atoms with Crippen LogP contribution in [0.25, 0.3) is 22.2 Å². The van der Waals surface area contributed by atoms with Crippen LogP contribution in [0.5, 0.6) is 0 Å². The van der Waals surface area contributed by atoms with Crippen LogP contribution in [0.15, 0.2) is 42.5 Å². The van der Waals surface area contributed by atoms with Crippen molar-refractivity contribution >= 4 is 40.0 Å². The van der Waals surface area contributed by atoms with Gasteiger partial charge < -0.3 is 4.90 Å². The molecular weight excluding hydrogens is 415 g/mol. The van der Waals surface area contributed by atoms with Gasteiger partial charge in [-0.15, -0.1) is 0 Å². The van der Waals surface area contributed by atoms with Crippen LogP contribution < -0.4 is 0 Å². The van der Waals surface area contributed by atoms with Crippen molar-refractivity contribution in [2.45, 2.75) is 46.5 Å². The monoisotopic (exact) mass is 442 g/mol. The highest BCUT2D eigenvalue weighted by Gasteiger charge is 2.23. The van der Waals surface area contributed by atoms with Crippen LogP contribution in [0, 0.1) is 6.92 Å². The first-order valence-electron chi connectivity index (χ1n) is 10.6. The Bertz CT molecular complexity index is 1040. The van der Waals surface area contributed by atoms with E-state index in [1.807, 2.05) is 42.2 Å².